The predicted octanol–water partition coefficient (Wildman–Crippen LogP) is 3.30. The van der Waals surface area contributed by atoms with E-state index in [2.05, 4.69) is 5.32 Å². The van der Waals surface area contributed by atoms with E-state index in [9.17, 15) is 19.2 Å². The van der Waals surface area contributed by atoms with Crippen LogP contribution in [0.1, 0.15) is 18.9 Å². The molecule has 2 heterocycles. The molecule has 0 aromatic heterocycles. The van der Waals surface area contributed by atoms with Crippen LogP contribution in [0.25, 0.3) is 6.08 Å². The van der Waals surface area contributed by atoms with Gasteiger partial charge in [0.1, 0.15) is 11.5 Å². The van der Waals surface area contributed by atoms with Crippen molar-refractivity contribution in [1.29, 1.82) is 0 Å². The van der Waals surface area contributed by atoms with Crippen molar-refractivity contribution in [2.45, 2.75) is 13.3 Å². The van der Waals surface area contributed by atoms with Gasteiger partial charge < -0.3 is 19.7 Å². The molecule has 1 atom stereocenters. The number of amides is 4. The average Bonchev–Trinajstić information content (AvgIpc) is 3.39. The number of benzene rings is 2. The summed E-state index contributed by atoms with van der Waals surface area (Å²) in [4.78, 5) is 53.3. The maximum absolute atomic E-state index is 12.7. The van der Waals surface area contributed by atoms with Gasteiger partial charge in [0.2, 0.25) is 11.8 Å². The van der Waals surface area contributed by atoms with Crippen molar-refractivity contribution < 1.29 is 28.7 Å². The molecule has 36 heavy (non-hydrogen) atoms. The van der Waals surface area contributed by atoms with E-state index < -0.39 is 11.8 Å². The van der Waals surface area contributed by atoms with E-state index in [1.807, 2.05) is 6.92 Å². The fraction of sp³-hybridized carbons (Fsp3) is 0.308. The Hall–Kier alpha value is -3.79. The minimum absolute atomic E-state index is 0.0552. The molecule has 0 spiro atoms. The van der Waals surface area contributed by atoms with Gasteiger partial charge in [0, 0.05) is 31.7 Å². The van der Waals surface area contributed by atoms with Crippen molar-refractivity contribution in [3.05, 3.63) is 59.0 Å². The van der Waals surface area contributed by atoms with Crippen molar-refractivity contribution in [2.24, 2.45) is 5.92 Å². The second kappa shape index (κ2) is 11.3. The van der Waals surface area contributed by atoms with Crippen LogP contribution < -0.4 is 19.7 Å². The first-order valence-corrected chi connectivity index (χ1v) is 12.4. The minimum Gasteiger partial charge on any atom is -0.497 e. The number of nitrogens with one attached hydrogen (secondary N) is 1. The third-order valence-electron chi connectivity index (χ3n) is 5.88. The molecule has 0 saturated carbocycles. The number of rotatable bonds is 9. The molecule has 2 fully saturated rings. The first kappa shape index (κ1) is 25.3. The Labute approximate surface area is 213 Å². The Morgan fingerprint density at radius 2 is 1.78 bits per heavy atom. The number of hydrogen-bond acceptors (Lipinski definition) is 7. The van der Waals surface area contributed by atoms with Gasteiger partial charge in [-0.2, -0.15) is 0 Å². The fourth-order valence-corrected chi connectivity index (χ4v) is 4.87. The molecule has 2 aliphatic rings. The first-order chi connectivity index (χ1) is 17.4. The number of carbonyl (C=O) groups excluding carboxylic acids is 4. The Morgan fingerprint density at radius 1 is 1.08 bits per heavy atom. The van der Waals surface area contributed by atoms with E-state index >= 15 is 0 Å². The number of hydrogen-bond donors (Lipinski definition) is 1. The zero-order chi connectivity index (χ0) is 25.7. The van der Waals surface area contributed by atoms with Gasteiger partial charge in [-0.15, -0.1) is 0 Å². The van der Waals surface area contributed by atoms with Crippen molar-refractivity contribution in [3.63, 3.8) is 0 Å². The van der Waals surface area contributed by atoms with Gasteiger partial charge in [-0.05, 0) is 66.7 Å². The molecule has 9 nitrogen and oxygen atoms in total. The Bertz CT molecular complexity index is 1180. The summed E-state index contributed by atoms with van der Waals surface area (Å²) in [6, 6.07) is 14.3. The van der Waals surface area contributed by atoms with E-state index in [0.717, 1.165) is 22.2 Å². The van der Waals surface area contributed by atoms with Crippen molar-refractivity contribution in [1.82, 2.24) is 10.2 Å². The summed E-state index contributed by atoms with van der Waals surface area (Å²) in [6.45, 7) is 2.89. The Balaban J connectivity index is 1.28. The number of nitrogens with zero attached hydrogens (tertiary/aromatic N) is 2. The lowest BCUT2D eigenvalue weighted by atomic mass is 10.1. The van der Waals surface area contributed by atoms with Crippen LogP contribution in [0.15, 0.2) is 53.4 Å². The highest BCUT2D eigenvalue weighted by molar-refractivity contribution is 8.18. The summed E-state index contributed by atoms with van der Waals surface area (Å²) in [6.07, 6.45) is 1.76. The van der Waals surface area contributed by atoms with E-state index in [4.69, 9.17) is 9.47 Å². The molecule has 1 unspecified atom stereocenters. The van der Waals surface area contributed by atoms with E-state index in [0.29, 0.717) is 28.7 Å². The first-order valence-electron chi connectivity index (χ1n) is 11.6. The van der Waals surface area contributed by atoms with Crippen LogP contribution in [0.5, 0.6) is 11.5 Å². The normalized spacial score (nSPS) is 18.8. The van der Waals surface area contributed by atoms with Crippen LogP contribution in [0, 0.1) is 5.92 Å². The lowest BCUT2D eigenvalue weighted by Crippen LogP contribution is -2.40. The smallest absolute Gasteiger partial charge is 0.293 e. The zero-order valence-electron chi connectivity index (χ0n) is 20.1. The molecular weight excluding hydrogens is 482 g/mol. The summed E-state index contributed by atoms with van der Waals surface area (Å²) < 4.78 is 10.6. The predicted molar refractivity (Wildman–Crippen MR) is 137 cm³/mol. The highest BCUT2D eigenvalue weighted by atomic mass is 32.2. The molecule has 1 N–H and O–H groups in total. The standard InChI is InChI=1S/C26H27N3O6S/c1-3-35-21-10-6-19(7-11-21)29-16-18(15-23(29)30)24(31)27-12-13-28-25(32)22(36-26(28)33)14-17-4-8-20(34-2)9-5-17/h4-11,14,18H,3,12-13,15-16H2,1-2H3,(H,27,31)/b22-14+. The van der Waals surface area contributed by atoms with Crippen LogP contribution in [0.3, 0.4) is 0 Å². The van der Waals surface area contributed by atoms with E-state index in [1.165, 1.54) is 0 Å². The summed E-state index contributed by atoms with van der Waals surface area (Å²) in [5.41, 5.74) is 1.48. The van der Waals surface area contributed by atoms with Gasteiger partial charge in [0.25, 0.3) is 11.1 Å². The van der Waals surface area contributed by atoms with Gasteiger partial charge in [0.05, 0.1) is 24.5 Å². The third kappa shape index (κ3) is 5.71. The Morgan fingerprint density at radius 3 is 2.44 bits per heavy atom. The number of anilines is 1. The lowest BCUT2D eigenvalue weighted by molar-refractivity contribution is -0.127. The quantitative estimate of drug-likeness (QED) is 0.517. The summed E-state index contributed by atoms with van der Waals surface area (Å²) >= 11 is 0.867. The number of carbonyl (C=O) groups is 4. The van der Waals surface area contributed by atoms with Gasteiger partial charge in [0.15, 0.2) is 0 Å². The fourth-order valence-electron chi connectivity index (χ4n) is 4.00. The second-order valence-electron chi connectivity index (χ2n) is 8.23. The molecule has 2 aliphatic heterocycles. The molecule has 2 aromatic rings. The maximum Gasteiger partial charge on any atom is 0.293 e. The molecule has 4 rings (SSSR count). The summed E-state index contributed by atoms with van der Waals surface area (Å²) in [5, 5.41) is 2.38. The topological polar surface area (TPSA) is 105 Å². The molecule has 2 saturated heterocycles. The van der Waals surface area contributed by atoms with Crippen molar-refractivity contribution in [3.8, 4) is 11.5 Å². The van der Waals surface area contributed by atoms with Crippen LogP contribution in [-0.2, 0) is 14.4 Å². The van der Waals surface area contributed by atoms with Crippen molar-refractivity contribution >= 4 is 46.5 Å². The zero-order valence-corrected chi connectivity index (χ0v) is 20.9. The van der Waals surface area contributed by atoms with Gasteiger partial charge in [-0.25, -0.2) is 0 Å². The molecule has 4 amide bonds. The minimum atomic E-state index is -0.506. The van der Waals surface area contributed by atoms with Crippen LogP contribution in [0.2, 0.25) is 0 Å². The largest absolute Gasteiger partial charge is 0.497 e. The van der Waals surface area contributed by atoms with Crippen LogP contribution in [-0.4, -0.2) is 61.2 Å². The highest BCUT2D eigenvalue weighted by Gasteiger charge is 2.37. The number of methoxy groups -OCH3 is 1. The second-order valence-corrected chi connectivity index (χ2v) is 9.22. The van der Waals surface area contributed by atoms with E-state index in [1.54, 1.807) is 66.6 Å². The van der Waals surface area contributed by atoms with Gasteiger partial charge >= 0.3 is 0 Å². The van der Waals surface area contributed by atoms with Gasteiger partial charge in [-0.3, -0.25) is 24.1 Å². The summed E-state index contributed by atoms with van der Waals surface area (Å²) in [7, 11) is 1.57. The van der Waals surface area contributed by atoms with E-state index in [-0.39, 0.29) is 43.1 Å². The highest BCUT2D eigenvalue weighted by Crippen LogP contribution is 2.32. The number of ether oxygens (including phenoxy) is 2. The maximum atomic E-state index is 12.7. The molecular formula is C26H27N3O6S. The molecule has 0 aliphatic carbocycles. The monoisotopic (exact) mass is 509 g/mol. The number of imide groups is 1. The Kier molecular flexibility index (Phi) is 7.94. The number of thioether (sulfide) groups is 1. The molecule has 0 bridgehead atoms. The average molecular weight is 510 g/mol. The lowest BCUT2D eigenvalue weighted by Gasteiger charge is -2.18. The molecule has 188 valence electrons. The van der Waals surface area contributed by atoms with Gasteiger partial charge in [-0.1, -0.05) is 12.1 Å². The molecule has 2 aromatic carbocycles. The molecule has 0 radical (unpaired) electrons. The molecule has 10 heteroatoms. The summed E-state index contributed by atoms with van der Waals surface area (Å²) in [5.74, 6) is 0.101. The van der Waals surface area contributed by atoms with Crippen LogP contribution in [0.4, 0.5) is 10.5 Å². The van der Waals surface area contributed by atoms with Crippen molar-refractivity contribution in [2.75, 3.05) is 38.3 Å². The van der Waals surface area contributed by atoms with Crippen LogP contribution >= 0.6 is 11.8 Å². The SMILES string of the molecule is CCOc1ccc(N2CC(C(=O)NCCN3C(=O)S/C(=C/c4ccc(OC)cc4)C3=O)CC2=O)cc1. The third-order valence-corrected chi connectivity index (χ3v) is 6.78.